The maximum atomic E-state index is 4.36. The minimum absolute atomic E-state index is 0. The second-order valence-corrected chi connectivity index (χ2v) is 30.5. The summed E-state index contributed by atoms with van der Waals surface area (Å²) in [6, 6.07) is 149. The molecule has 10 heterocycles. The first kappa shape index (κ1) is 112. The molecule has 5 radical (unpaired) electrons. The van der Waals surface area contributed by atoms with Crippen molar-refractivity contribution in [2.24, 2.45) is 0 Å². The first-order valence-electron chi connectivity index (χ1n) is 43.0. The van der Waals surface area contributed by atoms with Gasteiger partial charge in [-0.15, -0.1) is 356 Å². The van der Waals surface area contributed by atoms with Crippen molar-refractivity contribution >= 4 is 0 Å². The summed E-state index contributed by atoms with van der Waals surface area (Å²) in [4.78, 5) is 42.8. The van der Waals surface area contributed by atoms with Crippen LogP contribution >= 0.6 is 0 Å². The van der Waals surface area contributed by atoms with Gasteiger partial charge in [-0.2, -0.15) is 0 Å². The molecule has 0 spiro atoms. The standard InChI is InChI=1S/C13H12N.9C12H10N.5Ir/c1-10-4-3-5-12(8-10)13-7-6-11(2)9-14-13;3*1-10-5-4-6-11(9-10)12-7-2-3-8-13-12;2*1-10-5-7-11(8-6-10)12-4-2-3-9-13-12;2*1-10-7-8-13-12(9-10)11-5-3-2-4-6-11;2*1-10-7-8-12(13-9-10)11-5-3-2-4-6-11;;;;;/h3-4,6-9H,1-2H3;3*2-5,7-9H,1H3;2*2-7,9H,1H3;4*2-5,7-9H,1H3;;;;;/q10*-1;;;;;. The van der Waals surface area contributed by atoms with E-state index in [-0.39, 0.29) is 101 Å². The molecule has 0 unspecified atom stereocenters. The predicted octanol–water partition coefficient (Wildman–Crippen LogP) is 28.9. The number of rotatable bonds is 10. The number of nitrogens with zero attached hydrogens (tertiary/aromatic N) is 10. The van der Waals surface area contributed by atoms with Crippen LogP contribution in [-0.2, 0) is 101 Å². The Morgan fingerprint density at radius 2 is 0.353 bits per heavy atom. The van der Waals surface area contributed by atoms with Gasteiger partial charge in [0.05, 0.1) is 0 Å². The summed E-state index contributed by atoms with van der Waals surface area (Å²) in [5.74, 6) is 0. The molecule has 20 aromatic rings. The van der Waals surface area contributed by atoms with Crippen LogP contribution in [0.25, 0.3) is 113 Å². The van der Waals surface area contributed by atoms with Crippen molar-refractivity contribution in [2.75, 3.05) is 0 Å². The Kier molecular flexibility index (Phi) is 51.3. The fraction of sp³-hybridized carbons (Fsp3) is 0.0909. The summed E-state index contributed by atoms with van der Waals surface area (Å²) in [5, 5.41) is 0. The molecule has 0 bridgehead atoms. The number of hydrogen-bond acceptors (Lipinski definition) is 10. The molecular formula is C121H102Ir5N10-10. The normalized spacial score (nSPS) is 9.58. The van der Waals surface area contributed by atoms with Crippen LogP contribution in [0.4, 0.5) is 0 Å². The SMILES string of the molecule is Cc1c[c-]c(-c2ccccn2)cc1.Cc1c[c-]c(-c2ccccn2)cc1.Cc1cc[c-]c(-c2ccccn2)c1.Cc1cc[c-]c(-c2ccccn2)c1.Cc1cc[c-]c(-c2ccccn2)c1.Cc1ccc(-c2[c-]ccc(C)c2)nc1.Cc1ccc(-c2[c-]cccc2)nc1.Cc1ccc(-c2[c-]cccc2)nc1.Cc1ccnc(-c2[c-]cccc2)c1.Cc1ccnc(-c2[c-]cccc2)c1.[Ir].[Ir].[Ir].[Ir].[Ir]. The molecule has 0 atom stereocenters. The van der Waals surface area contributed by atoms with Gasteiger partial charge in [0.2, 0.25) is 0 Å². The average Bonchev–Trinajstić information content (AvgIpc) is 0.858. The third-order valence-electron chi connectivity index (χ3n) is 19.2. The molecule has 15 heteroatoms. The minimum atomic E-state index is 0. The summed E-state index contributed by atoms with van der Waals surface area (Å²) in [5.41, 5.74) is 33.7. The maximum Gasteiger partial charge on any atom is 0.0190 e. The summed E-state index contributed by atoms with van der Waals surface area (Å²) in [6.45, 7) is 22.6. The van der Waals surface area contributed by atoms with Gasteiger partial charge in [0.1, 0.15) is 0 Å². The molecule has 10 aromatic carbocycles. The summed E-state index contributed by atoms with van der Waals surface area (Å²) in [7, 11) is 0. The smallest absolute Gasteiger partial charge is 0.0190 e. The Morgan fingerprint density at radius 1 is 0.140 bits per heavy atom. The van der Waals surface area contributed by atoms with Crippen LogP contribution in [0, 0.1) is 137 Å². The van der Waals surface area contributed by atoms with E-state index < -0.39 is 0 Å². The number of aryl methyl sites for hydroxylation is 11. The Morgan fingerprint density at radius 3 is 0.566 bits per heavy atom. The van der Waals surface area contributed by atoms with Crippen molar-refractivity contribution in [3.8, 4) is 113 Å². The summed E-state index contributed by atoms with van der Waals surface area (Å²) < 4.78 is 0. The van der Waals surface area contributed by atoms with Crippen LogP contribution in [0.3, 0.4) is 0 Å². The first-order chi connectivity index (χ1) is 64.0. The van der Waals surface area contributed by atoms with Crippen molar-refractivity contribution in [3.05, 3.63) is 542 Å². The van der Waals surface area contributed by atoms with Crippen molar-refractivity contribution in [2.45, 2.75) is 76.2 Å². The molecule has 0 aliphatic rings. The van der Waals surface area contributed by atoms with Gasteiger partial charge in [-0.25, -0.2) is 0 Å². The zero-order chi connectivity index (χ0) is 91.8. The molecule has 10 nitrogen and oxygen atoms in total. The molecule has 20 rings (SSSR count). The molecule has 0 fully saturated rings. The Hall–Kier alpha value is -13.1. The van der Waals surface area contributed by atoms with Crippen molar-refractivity contribution in [1.82, 2.24) is 49.8 Å². The third-order valence-corrected chi connectivity index (χ3v) is 19.2. The number of aromatic nitrogens is 10. The van der Waals surface area contributed by atoms with Gasteiger partial charge < -0.3 is 49.8 Å². The quantitative estimate of drug-likeness (QED) is 0.122. The topological polar surface area (TPSA) is 129 Å². The van der Waals surface area contributed by atoms with Gasteiger partial charge in [-0.3, -0.25) is 0 Å². The van der Waals surface area contributed by atoms with E-state index in [1.807, 2.05) is 343 Å². The van der Waals surface area contributed by atoms with E-state index in [2.05, 4.69) is 233 Å². The molecule has 0 aliphatic heterocycles. The molecule has 0 amide bonds. The molecule has 0 N–H and O–H groups in total. The molecule has 136 heavy (non-hydrogen) atoms. The number of pyridine rings is 10. The molecule has 0 saturated carbocycles. The third kappa shape index (κ3) is 39.9. The second kappa shape index (κ2) is 62.5. The van der Waals surface area contributed by atoms with E-state index in [9.17, 15) is 0 Å². The van der Waals surface area contributed by atoms with Gasteiger partial charge in [-0.05, 0) is 151 Å². The molecular weight excluding hydrogens is 2550 g/mol. The molecule has 691 valence electrons. The van der Waals surface area contributed by atoms with E-state index in [0.717, 1.165) is 113 Å². The van der Waals surface area contributed by atoms with E-state index in [1.165, 1.54) is 61.2 Å². The minimum Gasteiger partial charge on any atom is -0.305 e. The zero-order valence-corrected chi connectivity index (χ0v) is 89.5. The van der Waals surface area contributed by atoms with Crippen LogP contribution in [-0.4, -0.2) is 49.8 Å². The zero-order valence-electron chi connectivity index (χ0n) is 77.5. The van der Waals surface area contributed by atoms with Crippen molar-refractivity contribution in [3.63, 3.8) is 0 Å². The molecule has 0 saturated heterocycles. The molecule has 0 aliphatic carbocycles. The van der Waals surface area contributed by atoms with Gasteiger partial charge in [0, 0.05) is 162 Å². The van der Waals surface area contributed by atoms with Crippen LogP contribution in [0.5, 0.6) is 0 Å². The van der Waals surface area contributed by atoms with E-state index in [1.54, 1.807) is 31.0 Å². The average molecular weight is 2660 g/mol. The summed E-state index contributed by atoms with van der Waals surface area (Å²) in [6.07, 6.45) is 18.3. The van der Waals surface area contributed by atoms with Crippen LogP contribution in [0.2, 0.25) is 0 Å². The van der Waals surface area contributed by atoms with Gasteiger partial charge in [-0.1, -0.05) is 162 Å². The predicted molar refractivity (Wildman–Crippen MR) is 537 cm³/mol. The monoisotopic (exact) mass is 2660 g/mol. The van der Waals surface area contributed by atoms with Gasteiger partial charge >= 0.3 is 0 Å². The van der Waals surface area contributed by atoms with E-state index in [4.69, 9.17) is 0 Å². The maximum absolute atomic E-state index is 4.36. The summed E-state index contributed by atoms with van der Waals surface area (Å²) >= 11 is 0. The van der Waals surface area contributed by atoms with E-state index in [0.29, 0.717) is 0 Å². The first-order valence-corrected chi connectivity index (χ1v) is 43.0. The second-order valence-electron chi connectivity index (χ2n) is 30.5. The largest absolute Gasteiger partial charge is 0.305 e. The van der Waals surface area contributed by atoms with Crippen molar-refractivity contribution < 1.29 is 101 Å². The van der Waals surface area contributed by atoms with Crippen LogP contribution < -0.4 is 0 Å². The van der Waals surface area contributed by atoms with E-state index >= 15 is 0 Å². The van der Waals surface area contributed by atoms with Crippen LogP contribution in [0.15, 0.2) is 420 Å². The fourth-order valence-corrected chi connectivity index (χ4v) is 12.3. The van der Waals surface area contributed by atoms with Crippen LogP contribution in [0.1, 0.15) is 61.2 Å². The number of hydrogen-bond donors (Lipinski definition) is 0. The van der Waals surface area contributed by atoms with Crippen molar-refractivity contribution in [1.29, 1.82) is 0 Å². The molecule has 10 aromatic heterocycles. The fourth-order valence-electron chi connectivity index (χ4n) is 12.3. The Labute approximate surface area is 872 Å². The number of benzene rings is 10. The van der Waals surface area contributed by atoms with Gasteiger partial charge in [0.15, 0.2) is 0 Å². The Balaban J connectivity index is 0.000000231. The van der Waals surface area contributed by atoms with Gasteiger partial charge in [0.25, 0.3) is 0 Å². The Bertz CT molecular complexity index is 5840.